The number of nitrogens with one attached hydrogen (secondary N) is 1. The highest BCUT2D eigenvalue weighted by Gasteiger charge is 2.36. The number of carbonyl (C=O) groups is 2. The SMILES string of the molecule is CCC(C)NC(=O)C(C)n1nnc(C(=O)O)c1C1CC1. The van der Waals surface area contributed by atoms with Gasteiger partial charge in [-0.15, -0.1) is 5.10 Å². The Balaban J connectivity index is 2.23. The Morgan fingerprint density at radius 2 is 2.10 bits per heavy atom. The van der Waals surface area contributed by atoms with Crippen LogP contribution in [0.5, 0.6) is 0 Å². The molecule has 1 fully saturated rings. The molecule has 1 aliphatic carbocycles. The molecule has 2 unspecified atom stereocenters. The highest BCUT2D eigenvalue weighted by molar-refractivity contribution is 5.87. The molecule has 1 heterocycles. The first-order valence-electron chi connectivity index (χ1n) is 6.94. The van der Waals surface area contributed by atoms with Gasteiger partial charge in [0.25, 0.3) is 0 Å². The van der Waals surface area contributed by atoms with Crippen molar-refractivity contribution in [2.75, 3.05) is 0 Å². The van der Waals surface area contributed by atoms with E-state index in [1.807, 2.05) is 13.8 Å². The smallest absolute Gasteiger partial charge is 0.358 e. The maximum Gasteiger partial charge on any atom is 0.358 e. The van der Waals surface area contributed by atoms with Crippen LogP contribution in [-0.2, 0) is 4.79 Å². The van der Waals surface area contributed by atoms with Gasteiger partial charge in [0.1, 0.15) is 6.04 Å². The van der Waals surface area contributed by atoms with Crippen LogP contribution in [0, 0.1) is 0 Å². The van der Waals surface area contributed by atoms with E-state index in [1.54, 1.807) is 6.92 Å². The maximum absolute atomic E-state index is 12.1. The highest BCUT2D eigenvalue weighted by Crippen LogP contribution is 2.41. The lowest BCUT2D eigenvalue weighted by molar-refractivity contribution is -0.124. The lowest BCUT2D eigenvalue weighted by Gasteiger charge is -2.18. The molecule has 1 aromatic rings. The van der Waals surface area contributed by atoms with Crippen molar-refractivity contribution >= 4 is 11.9 Å². The van der Waals surface area contributed by atoms with Gasteiger partial charge in [0, 0.05) is 12.0 Å². The van der Waals surface area contributed by atoms with Crippen molar-refractivity contribution in [3.63, 3.8) is 0 Å². The summed E-state index contributed by atoms with van der Waals surface area (Å²) in [5.74, 6) is -1.09. The fourth-order valence-electron chi connectivity index (χ4n) is 2.05. The van der Waals surface area contributed by atoms with Crippen LogP contribution in [0.3, 0.4) is 0 Å². The predicted octanol–water partition coefficient (Wildman–Crippen LogP) is 1.33. The van der Waals surface area contributed by atoms with Crippen LogP contribution in [0.4, 0.5) is 0 Å². The topological polar surface area (TPSA) is 97.1 Å². The third-order valence-corrected chi connectivity index (χ3v) is 3.64. The van der Waals surface area contributed by atoms with Gasteiger partial charge in [-0.05, 0) is 33.1 Å². The van der Waals surface area contributed by atoms with Gasteiger partial charge in [0.05, 0.1) is 5.69 Å². The molecule has 0 aromatic carbocycles. The number of rotatable bonds is 6. The summed E-state index contributed by atoms with van der Waals surface area (Å²) >= 11 is 0. The first kappa shape index (κ1) is 14.5. The Morgan fingerprint density at radius 1 is 1.45 bits per heavy atom. The highest BCUT2D eigenvalue weighted by atomic mass is 16.4. The molecular formula is C13H20N4O3. The van der Waals surface area contributed by atoms with Crippen LogP contribution in [-0.4, -0.2) is 38.0 Å². The standard InChI is InChI=1S/C13H20N4O3/c1-4-7(2)14-12(18)8(3)17-11(9-5-6-9)10(13(19)20)15-16-17/h7-9H,4-6H2,1-3H3,(H,14,18)(H,19,20). The Kier molecular flexibility index (Phi) is 4.06. The van der Waals surface area contributed by atoms with E-state index in [0.29, 0.717) is 5.69 Å². The number of hydrogen-bond acceptors (Lipinski definition) is 4. The van der Waals surface area contributed by atoms with Crippen molar-refractivity contribution in [1.82, 2.24) is 20.3 Å². The molecule has 0 aliphatic heterocycles. The molecule has 1 aliphatic rings. The molecule has 2 rings (SSSR count). The number of aromatic carboxylic acids is 1. The summed E-state index contributed by atoms with van der Waals surface area (Å²) in [6.07, 6.45) is 2.69. The second kappa shape index (κ2) is 5.60. The van der Waals surface area contributed by atoms with Gasteiger partial charge in [-0.3, -0.25) is 4.79 Å². The van der Waals surface area contributed by atoms with E-state index in [2.05, 4.69) is 15.6 Å². The van der Waals surface area contributed by atoms with Crippen LogP contribution in [0.1, 0.15) is 68.2 Å². The van der Waals surface area contributed by atoms with Gasteiger partial charge in [-0.25, -0.2) is 9.48 Å². The molecule has 0 spiro atoms. The second-order valence-electron chi connectivity index (χ2n) is 5.34. The number of hydrogen-bond donors (Lipinski definition) is 2. The maximum atomic E-state index is 12.1. The first-order chi connectivity index (χ1) is 9.45. The molecule has 20 heavy (non-hydrogen) atoms. The Morgan fingerprint density at radius 3 is 2.60 bits per heavy atom. The minimum Gasteiger partial charge on any atom is -0.476 e. The summed E-state index contributed by atoms with van der Waals surface area (Å²) in [6.45, 7) is 5.63. The summed E-state index contributed by atoms with van der Waals surface area (Å²) in [7, 11) is 0. The minimum atomic E-state index is -1.09. The molecule has 2 atom stereocenters. The Bertz CT molecular complexity index is 522. The van der Waals surface area contributed by atoms with Crippen molar-refractivity contribution < 1.29 is 14.7 Å². The van der Waals surface area contributed by atoms with E-state index in [4.69, 9.17) is 5.11 Å². The predicted molar refractivity (Wildman–Crippen MR) is 71.6 cm³/mol. The van der Waals surface area contributed by atoms with Gasteiger partial charge in [-0.1, -0.05) is 12.1 Å². The summed E-state index contributed by atoms with van der Waals surface area (Å²) in [4.78, 5) is 23.3. The first-order valence-corrected chi connectivity index (χ1v) is 6.94. The van der Waals surface area contributed by atoms with Crippen molar-refractivity contribution in [3.8, 4) is 0 Å². The average Bonchev–Trinajstić information content (AvgIpc) is 3.15. The number of nitrogens with zero attached hydrogens (tertiary/aromatic N) is 3. The van der Waals surface area contributed by atoms with Gasteiger partial charge >= 0.3 is 5.97 Å². The lowest BCUT2D eigenvalue weighted by Crippen LogP contribution is -2.37. The zero-order chi connectivity index (χ0) is 14.9. The third-order valence-electron chi connectivity index (χ3n) is 3.64. The van der Waals surface area contributed by atoms with Crippen LogP contribution in [0.25, 0.3) is 0 Å². The van der Waals surface area contributed by atoms with E-state index < -0.39 is 12.0 Å². The lowest BCUT2D eigenvalue weighted by atomic mass is 10.2. The fourth-order valence-corrected chi connectivity index (χ4v) is 2.05. The molecule has 7 heteroatoms. The van der Waals surface area contributed by atoms with E-state index in [0.717, 1.165) is 19.3 Å². The summed E-state index contributed by atoms with van der Waals surface area (Å²) in [6, 6.07) is -0.475. The number of aromatic nitrogens is 3. The average molecular weight is 280 g/mol. The molecular weight excluding hydrogens is 260 g/mol. The van der Waals surface area contributed by atoms with Crippen LogP contribution in [0.2, 0.25) is 0 Å². The van der Waals surface area contributed by atoms with Crippen molar-refractivity contribution in [2.45, 2.75) is 58.0 Å². The monoisotopic (exact) mass is 280 g/mol. The summed E-state index contributed by atoms with van der Waals surface area (Å²) in [5.41, 5.74) is 0.542. The van der Waals surface area contributed by atoms with Gasteiger partial charge in [0.15, 0.2) is 5.69 Å². The molecule has 2 N–H and O–H groups in total. The van der Waals surface area contributed by atoms with Crippen molar-refractivity contribution in [2.24, 2.45) is 0 Å². The molecule has 0 saturated heterocycles. The fraction of sp³-hybridized carbons (Fsp3) is 0.692. The molecule has 110 valence electrons. The van der Waals surface area contributed by atoms with Crippen LogP contribution in [0.15, 0.2) is 0 Å². The van der Waals surface area contributed by atoms with Gasteiger partial charge < -0.3 is 10.4 Å². The zero-order valence-electron chi connectivity index (χ0n) is 12.0. The molecule has 1 aromatic heterocycles. The molecule has 7 nitrogen and oxygen atoms in total. The second-order valence-corrected chi connectivity index (χ2v) is 5.34. The minimum absolute atomic E-state index is 0.0318. The van der Waals surface area contributed by atoms with Crippen molar-refractivity contribution in [1.29, 1.82) is 0 Å². The molecule has 0 radical (unpaired) electrons. The number of carbonyl (C=O) groups excluding carboxylic acids is 1. The number of carboxylic acid groups (broad SMARTS) is 1. The van der Waals surface area contributed by atoms with E-state index in [-0.39, 0.29) is 23.6 Å². The Hall–Kier alpha value is -1.92. The molecule has 1 amide bonds. The number of amides is 1. The van der Waals surface area contributed by atoms with E-state index in [1.165, 1.54) is 4.68 Å². The van der Waals surface area contributed by atoms with Crippen LogP contribution >= 0.6 is 0 Å². The third kappa shape index (κ3) is 2.81. The Labute approximate surface area is 117 Å². The summed E-state index contributed by atoms with van der Waals surface area (Å²) < 4.78 is 1.46. The largest absolute Gasteiger partial charge is 0.476 e. The number of carboxylic acids is 1. The van der Waals surface area contributed by atoms with E-state index in [9.17, 15) is 9.59 Å². The zero-order valence-corrected chi connectivity index (χ0v) is 12.0. The molecule has 1 saturated carbocycles. The van der Waals surface area contributed by atoms with E-state index >= 15 is 0 Å². The van der Waals surface area contributed by atoms with Gasteiger partial charge in [-0.2, -0.15) is 0 Å². The molecule has 0 bridgehead atoms. The van der Waals surface area contributed by atoms with Crippen LogP contribution < -0.4 is 5.32 Å². The normalized spacial score (nSPS) is 17.6. The summed E-state index contributed by atoms with van der Waals surface area (Å²) in [5, 5.41) is 19.6. The quantitative estimate of drug-likeness (QED) is 0.819. The van der Waals surface area contributed by atoms with Gasteiger partial charge in [0.2, 0.25) is 5.91 Å². The van der Waals surface area contributed by atoms with Crippen molar-refractivity contribution in [3.05, 3.63) is 11.4 Å².